The van der Waals surface area contributed by atoms with E-state index >= 15 is 0 Å². The monoisotopic (exact) mass is 276 g/mol. The summed E-state index contributed by atoms with van der Waals surface area (Å²) in [6.07, 6.45) is -5.72. The van der Waals surface area contributed by atoms with Crippen LogP contribution >= 0.6 is 0 Å². The van der Waals surface area contributed by atoms with Gasteiger partial charge >= 0.3 is 5.97 Å². The fourth-order valence-electron chi connectivity index (χ4n) is 1.81. The summed E-state index contributed by atoms with van der Waals surface area (Å²) < 4.78 is 10.1. The van der Waals surface area contributed by atoms with Gasteiger partial charge in [0.05, 0.1) is 19.3 Å². The third kappa shape index (κ3) is 3.99. The molecular formula is C12H20O7. The van der Waals surface area contributed by atoms with Gasteiger partial charge in [0.2, 0.25) is 0 Å². The molecule has 0 aliphatic carbocycles. The van der Waals surface area contributed by atoms with E-state index in [4.69, 9.17) is 14.6 Å². The molecule has 0 aromatic carbocycles. The number of aliphatic hydroxyl groups excluding tert-OH is 4. The average Bonchev–Trinajstić information content (AvgIpc) is 2.38. The molecule has 0 saturated carbocycles. The number of hydrogen-bond acceptors (Lipinski definition) is 7. The molecule has 0 aromatic rings. The number of aliphatic hydroxyl groups is 4. The summed E-state index contributed by atoms with van der Waals surface area (Å²) in [7, 11) is 0. The minimum absolute atomic E-state index is 0.0195. The third-order valence-electron chi connectivity index (χ3n) is 2.98. The molecule has 1 rings (SSSR count). The lowest BCUT2D eigenvalue weighted by Gasteiger charge is -2.40. The van der Waals surface area contributed by atoms with E-state index in [0.717, 1.165) is 0 Å². The topological polar surface area (TPSA) is 116 Å². The quantitative estimate of drug-likeness (QED) is 0.351. The molecule has 4 N–H and O–H groups in total. The van der Waals surface area contributed by atoms with Crippen molar-refractivity contribution in [2.45, 2.75) is 43.9 Å². The zero-order valence-corrected chi connectivity index (χ0v) is 10.7. The first-order valence-corrected chi connectivity index (χ1v) is 6.01. The first-order chi connectivity index (χ1) is 8.88. The zero-order valence-electron chi connectivity index (χ0n) is 10.7. The van der Waals surface area contributed by atoms with E-state index in [-0.39, 0.29) is 18.6 Å². The lowest BCUT2D eigenvalue weighted by Crippen LogP contribution is -2.58. The predicted octanol–water partition coefficient (Wildman–Crippen LogP) is -1.66. The van der Waals surface area contributed by atoms with E-state index in [2.05, 4.69) is 6.58 Å². The first-order valence-electron chi connectivity index (χ1n) is 6.01. The van der Waals surface area contributed by atoms with Gasteiger partial charge in [-0.05, 0) is 6.92 Å². The van der Waals surface area contributed by atoms with Gasteiger partial charge in [-0.25, -0.2) is 4.79 Å². The maximum absolute atomic E-state index is 11.1. The van der Waals surface area contributed by atoms with Crippen LogP contribution in [0.2, 0.25) is 0 Å². The van der Waals surface area contributed by atoms with E-state index < -0.39 is 43.1 Å². The predicted molar refractivity (Wildman–Crippen MR) is 64.2 cm³/mol. The Morgan fingerprint density at radius 3 is 2.32 bits per heavy atom. The van der Waals surface area contributed by atoms with Crippen LogP contribution in [0.15, 0.2) is 12.2 Å². The Bertz CT molecular complexity index is 328. The van der Waals surface area contributed by atoms with Crippen LogP contribution in [0.5, 0.6) is 0 Å². The molecule has 0 unspecified atom stereocenters. The molecule has 110 valence electrons. The normalized spacial score (nSPS) is 34.9. The zero-order chi connectivity index (χ0) is 14.6. The van der Waals surface area contributed by atoms with Gasteiger partial charge in [0.1, 0.15) is 24.4 Å². The van der Waals surface area contributed by atoms with Crippen molar-refractivity contribution in [1.82, 2.24) is 0 Å². The van der Waals surface area contributed by atoms with Crippen LogP contribution < -0.4 is 0 Å². The van der Waals surface area contributed by atoms with Gasteiger partial charge in [0.25, 0.3) is 0 Å². The van der Waals surface area contributed by atoms with Gasteiger partial charge in [-0.15, -0.1) is 0 Å². The van der Waals surface area contributed by atoms with E-state index in [1.54, 1.807) is 0 Å². The molecule has 1 heterocycles. The fourth-order valence-corrected chi connectivity index (χ4v) is 1.81. The van der Waals surface area contributed by atoms with Crippen molar-refractivity contribution in [2.24, 2.45) is 0 Å². The highest BCUT2D eigenvalue weighted by Gasteiger charge is 2.43. The van der Waals surface area contributed by atoms with Crippen LogP contribution in [0.1, 0.15) is 13.3 Å². The van der Waals surface area contributed by atoms with E-state index in [1.807, 2.05) is 0 Å². The Morgan fingerprint density at radius 2 is 1.79 bits per heavy atom. The average molecular weight is 276 g/mol. The first kappa shape index (κ1) is 16.1. The number of carbonyl (C=O) groups excluding carboxylic acids is 1. The molecule has 1 aliphatic heterocycles. The maximum Gasteiger partial charge on any atom is 0.333 e. The van der Waals surface area contributed by atoms with E-state index in [9.17, 15) is 20.1 Å². The van der Waals surface area contributed by atoms with Crippen LogP contribution in [0.4, 0.5) is 0 Å². The maximum atomic E-state index is 11.1. The Labute approximate surface area is 111 Å². The highest BCUT2D eigenvalue weighted by molar-refractivity contribution is 5.86. The molecule has 0 bridgehead atoms. The van der Waals surface area contributed by atoms with Crippen molar-refractivity contribution < 1.29 is 34.7 Å². The van der Waals surface area contributed by atoms with Gasteiger partial charge < -0.3 is 29.9 Å². The highest BCUT2D eigenvalue weighted by atomic mass is 16.6. The third-order valence-corrected chi connectivity index (χ3v) is 2.98. The second kappa shape index (κ2) is 6.97. The summed E-state index contributed by atoms with van der Waals surface area (Å²) in [6, 6.07) is 0. The van der Waals surface area contributed by atoms with Crippen molar-refractivity contribution in [2.75, 3.05) is 13.2 Å². The van der Waals surface area contributed by atoms with Crippen molar-refractivity contribution in [1.29, 1.82) is 0 Å². The molecule has 0 spiro atoms. The van der Waals surface area contributed by atoms with Crippen molar-refractivity contribution in [3.63, 3.8) is 0 Å². The van der Waals surface area contributed by atoms with Gasteiger partial charge in [0, 0.05) is 12.0 Å². The van der Waals surface area contributed by atoms with Crippen LogP contribution in [-0.2, 0) is 14.3 Å². The Morgan fingerprint density at radius 1 is 1.21 bits per heavy atom. The molecule has 7 heteroatoms. The molecule has 5 atom stereocenters. The summed E-state index contributed by atoms with van der Waals surface area (Å²) in [6.45, 7) is 4.43. The second-order valence-corrected chi connectivity index (χ2v) is 4.57. The Hall–Kier alpha value is -0.990. The Balaban J connectivity index is 2.48. The largest absolute Gasteiger partial charge is 0.462 e. The van der Waals surface area contributed by atoms with Crippen LogP contribution in [0.25, 0.3) is 0 Å². The fraction of sp³-hybridized carbons (Fsp3) is 0.750. The minimum atomic E-state index is -1.41. The molecule has 0 amide bonds. The number of ether oxygens (including phenoxy) is 2. The number of hydrogen-bond donors (Lipinski definition) is 4. The van der Waals surface area contributed by atoms with Crippen LogP contribution in [0.3, 0.4) is 0 Å². The summed E-state index contributed by atoms with van der Waals surface area (Å²) in [5.41, 5.74) is 0.258. The summed E-state index contributed by atoms with van der Waals surface area (Å²) in [5.74, 6) is -0.551. The highest BCUT2D eigenvalue weighted by Crippen LogP contribution is 2.23. The van der Waals surface area contributed by atoms with E-state index in [1.165, 1.54) is 6.92 Å². The number of rotatable bonds is 5. The smallest absolute Gasteiger partial charge is 0.333 e. The lowest BCUT2D eigenvalue weighted by molar-refractivity contribution is -0.232. The van der Waals surface area contributed by atoms with Gasteiger partial charge in [-0.2, -0.15) is 0 Å². The summed E-state index contributed by atoms with van der Waals surface area (Å²) >= 11 is 0. The molecule has 1 saturated heterocycles. The van der Waals surface area contributed by atoms with Crippen LogP contribution in [-0.4, -0.2) is 70.1 Å². The molecule has 7 nitrogen and oxygen atoms in total. The summed E-state index contributed by atoms with van der Waals surface area (Å²) in [4.78, 5) is 11.1. The van der Waals surface area contributed by atoms with Crippen LogP contribution in [0, 0.1) is 0 Å². The molecular weight excluding hydrogens is 256 g/mol. The molecule has 1 aliphatic rings. The molecule has 0 radical (unpaired) electrons. The molecule has 0 aromatic heterocycles. The lowest BCUT2D eigenvalue weighted by atomic mass is 9.94. The van der Waals surface area contributed by atoms with Crippen molar-refractivity contribution in [3.05, 3.63) is 12.2 Å². The number of carbonyl (C=O) groups is 1. The van der Waals surface area contributed by atoms with Crippen molar-refractivity contribution >= 4 is 5.97 Å². The standard InChI is InChI=1S/C12H20O7/c1-6(2)12(17)18-4-3-7-9(14)11(16)10(15)8(5-13)19-7/h7-11,13-16H,1,3-5H2,2H3/t7-,8-,9+,10-,11-/m1/s1. The minimum Gasteiger partial charge on any atom is -0.462 e. The second-order valence-electron chi connectivity index (χ2n) is 4.57. The number of esters is 1. The SMILES string of the molecule is C=C(C)C(=O)OCC[C@H]1O[C@H](CO)[C@@H](O)[C@H](O)[C@H]1O. The van der Waals surface area contributed by atoms with Gasteiger partial charge in [-0.1, -0.05) is 6.58 Å². The van der Waals surface area contributed by atoms with Gasteiger partial charge in [-0.3, -0.25) is 0 Å². The summed E-state index contributed by atoms with van der Waals surface area (Å²) in [5, 5.41) is 37.8. The van der Waals surface area contributed by atoms with Gasteiger partial charge in [0.15, 0.2) is 0 Å². The van der Waals surface area contributed by atoms with Crippen molar-refractivity contribution in [3.8, 4) is 0 Å². The van der Waals surface area contributed by atoms with E-state index in [0.29, 0.717) is 0 Å². The molecule has 1 fully saturated rings. The Kier molecular flexibility index (Phi) is 5.89. The molecule has 19 heavy (non-hydrogen) atoms.